The van der Waals surface area contributed by atoms with Crippen LogP contribution < -0.4 is 10.0 Å². The first-order valence-corrected chi connectivity index (χ1v) is 8.99. The van der Waals surface area contributed by atoms with Crippen molar-refractivity contribution in [3.05, 3.63) is 59.7 Å². The van der Waals surface area contributed by atoms with Gasteiger partial charge in [0.2, 0.25) is 0 Å². The van der Waals surface area contributed by atoms with E-state index in [-0.39, 0.29) is 16.2 Å². The molecule has 1 fully saturated rings. The maximum Gasteiger partial charge on any atom is 0.261 e. The summed E-state index contributed by atoms with van der Waals surface area (Å²) in [5.74, 6) is -0.140. The first-order valence-electron chi connectivity index (χ1n) is 7.51. The van der Waals surface area contributed by atoms with E-state index in [1.807, 2.05) is 6.07 Å². The second-order valence-corrected chi connectivity index (χ2v) is 7.82. The van der Waals surface area contributed by atoms with Gasteiger partial charge in [0.1, 0.15) is 0 Å². The fourth-order valence-electron chi connectivity index (χ4n) is 3.11. The van der Waals surface area contributed by atoms with Gasteiger partial charge < -0.3 is 5.32 Å². The average molecular weight is 328 g/mol. The quantitative estimate of drug-likeness (QED) is 0.907. The van der Waals surface area contributed by atoms with Crippen molar-refractivity contribution < 1.29 is 13.2 Å². The first-order chi connectivity index (χ1) is 11.0. The molecule has 1 spiro atoms. The lowest BCUT2D eigenvalue weighted by Crippen LogP contribution is -2.39. The van der Waals surface area contributed by atoms with Crippen LogP contribution in [-0.4, -0.2) is 20.9 Å². The van der Waals surface area contributed by atoms with Crippen LogP contribution in [-0.2, 0) is 15.4 Å². The van der Waals surface area contributed by atoms with Gasteiger partial charge in [-0.3, -0.25) is 9.52 Å². The summed E-state index contributed by atoms with van der Waals surface area (Å²) >= 11 is 0. The molecule has 1 aliphatic heterocycles. The zero-order chi connectivity index (χ0) is 16.1. The standard InChI is InChI=1S/C17H16N2O3S/c20-16-14-10-12(6-7-15(14)17(8-9-17)11-18-16)19-23(21,22)13-4-2-1-3-5-13/h1-7,10,19H,8-9,11H2,(H,18,20). The molecule has 118 valence electrons. The number of benzene rings is 2. The van der Waals surface area contributed by atoms with Crippen LogP contribution >= 0.6 is 0 Å². The summed E-state index contributed by atoms with van der Waals surface area (Å²) in [6.07, 6.45) is 2.13. The average Bonchev–Trinajstić information content (AvgIpc) is 3.33. The van der Waals surface area contributed by atoms with Gasteiger partial charge in [-0.15, -0.1) is 0 Å². The number of carbonyl (C=O) groups is 1. The number of fused-ring (bicyclic) bond motifs is 2. The van der Waals surface area contributed by atoms with E-state index >= 15 is 0 Å². The Hall–Kier alpha value is -2.34. The largest absolute Gasteiger partial charge is 0.351 e. The van der Waals surface area contributed by atoms with Gasteiger partial charge in [-0.1, -0.05) is 24.3 Å². The number of hydrogen-bond acceptors (Lipinski definition) is 3. The minimum Gasteiger partial charge on any atom is -0.351 e. The van der Waals surface area contributed by atoms with Crippen molar-refractivity contribution in [2.45, 2.75) is 23.2 Å². The van der Waals surface area contributed by atoms with Crippen molar-refractivity contribution in [2.75, 3.05) is 11.3 Å². The van der Waals surface area contributed by atoms with Crippen molar-refractivity contribution in [2.24, 2.45) is 0 Å². The molecule has 0 atom stereocenters. The van der Waals surface area contributed by atoms with E-state index in [1.165, 1.54) is 12.1 Å². The highest BCUT2D eigenvalue weighted by Gasteiger charge is 2.48. The van der Waals surface area contributed by atoms with Crippen LogP contribution in [0.5, 0.6) is 0 Å². The zero-order valence-electron chi connectivity index (χ0n) is 12.4. The van der Waals surface area contributed by atoms with Gasteiger partial charge in [0.05, 0.1) is 4.90 Å². The summed E-state index contributed by atoms with van der Waals surface area (Å²) in [5, 5.41) is 2.90. The Balaban J connectivity index is 1.69. The maximum atomic E-state index is 12.4. The molecular weight excluding hydrogens is 312 g/mol. The summed E-state index contributed by atoms with van der Waals surface area (Å²) < 4.78 is 27.3. The summed E-state index contributed by atoms with van der Waals surface area (Å²) in [7, 11) is -3.65. The van der Waals surface area contributed by atoms with Gasteiger partial charge in [-0.05, 0) is 42.7 Å². The van der Waals surface area contributed by atoms with Crippen LogP contribution in [0.1, 0.15) is 28.8 Å². The molecule has 2 aromatic carbocycles. The fraction of sp³-hybridized carbons (Fsp3) is 0.235. The van der Waals surface area contributed by atoms with E-state index < -0.39 is 10.0 Å². The third-order valence-electron chi connectivity index (χ3n) is 4.58. The molecule has 23 heavy (non-hydrogen) atoms. The van der Waals surface area contributed by atoms with Gasteiger partial charge in [-0.25, -0.2) is 8.42 Å². The Bertz CT molecular complexity index is 887. The number of anilines is 1. The predicted octanol–water partition coefficient (Wildman–Crippen LogP) is 2.26. The van der Waals surface area contributed by atoms with Gasteiger partial charge in [0.25, 0.3) is 15.9 Å². The summed E-state index contributed by atoms with van der Waals surface area (Å²) in [6.45, 7) is 0.675. The van der Waals surface area contributed by atoms with Crippen molar-refractivity contribution in [3.63, 3.8) is 0 Å². The van der Waals surface area contributed by atoms with E-state index in [2.05, 4.69) is 10.0 Å². The fourth-order valence-corrected chi connectivity index (χ4v) is 4.18. The first kappa shape index (κ1) is 14.3. The highest BCUT2D eigenvalue weighted by atomic mass is 32.2. The molecule has 1 saturated carbocycles. The molecule has 2 aliphatic rings. The Morgan fingerprint density at radius 2 is 1.78 bits per heavy atom. The SMILES string of the molecule is O=C1NCC2(CC2)c2ccc(NS(=O)(=O)c3ccccc3)cc21. The van der Waals surface area contributed by atoms with Crippen molar-refractivity contribution in [3.8, 4) is 0 Å². The molecule has 1 amide bonds. The Labute approximate surface area is 134 Å². The van der Waals surface area contributed by atoms with E-state index in [0.29, 0.717) is 17.8 Å². The molecule has 1 aliphatic carbocycles. The second-order valence-electron chi connectivity index (χ2n) is 6.14. The smallest absolute Gasteiger partial charge is 0.261 e. The zero-order valence-corrected chi connectivity index (χ0v) is 13.2. The Morgan fingerprint density at radius 1 is 1.04 bits per heavy atom. The van der Waals surface area contributed by atoms with Gasteiger partial charge in [-0.2, -0.15) is 0 Å². The van der Waals surface area contributed by atoms with Gasteiger partial charge in [0, 0.05) is 23.2 Å². The molecule has 6 heteroatoms. The summed E-state index contributed by atoms with van der Waals surface area (Å²) in [6, 6.07) is 13.4. The van der Waals surface area contributed by atoms with Crippen LogP contribution in [0.4, 0.5) is 5.69 Å². The number of carbonyl (C=O) groups excluding carboxylic acids is 1. The molecule has 2 N–H and O–H groups in total. The van der Waals surface area contributed by atoms with Gasteiger partial charge >= 0.3 is 0 Å². The molecule has 5 nitrogen and oxygen atoms in total. The second kappa shape index (κ2) is 4.83. The van der Waals surface area contributed by atoms with E-state index in [9.17, 15) is 13.2 Å². The highest BCUT2D eigenvalue weighted by Crippen LogP contribution is 2.50. The lowest BCUT2D eigenvalue weighted by Gasteiger charge is -2.26. The van der Waals surface area contributed by atoms with Crippen molar-refractivity contribution in [1.82, 2.24) is 5.32 Å². The Morgan fingerprint density at radius 3 is 2.48 bits per heavy atom. The number of rotatable bonds is 3. The van der Waals surface area contributed by atoms with Crippen LogP contribution in [0.15, 0.2) is 53.4 Å². The monoisotopic (exact) mass is 328 g/mol. The molecule has 0 radical (unpaired) electrons. The summed E-state index contributed by atoms with van der Waals surface area (Å²) in [4.78, 5) is 12.3. The molecule has 4 rings (SSSR count). The van der Waals surface area contributed by atoms with Crippen LogP contribution in [0.2, 0.25) is 0 Å². The molecule has 0 saturated heterocycles. The van der Waals surface area contributed by atoms with Crippen LogP contribution in [0.25, 0.3) is 0 Å². The highest BCUT2D eigenvalue weighted by molar-refractivity contribution is 7.92. The molecule has 0 unspecified atom stereocenters. The minimum absolute atomic E-state index is 0.0695. The molecule has 2 aromatic rings. The third kappa shape index (κ3) is 2.39. The van der Waals surface area contributed by atoms with Crippen LogP contribution in [0, 0.1) is 0 Å². The number of sulfonamides is 1. The molecule has 1 heterocycles. The van der Waals surface area contributed by atoms with Gasteiger partial charge in [0.15, 0.2) is 0 Å². The van der Waals surface area contributed by atoms with Crippen LogP contribution in [0.3, 0.4) is 0 Å². The molecular formula is C17H16N2O3S. The van der Waals surface area contributed by atoms with E-state index in [0.717, 1.165) is 18.4 Å². The molecule has 0 bridgehead atoms. The lowest BCUT2D eigenvalue weighted by molar-refractivity contribution is 0.0937. The predicted molar refractivity (Wildman–Crippen MR) is 86.9 cm³/mol. The lowest BCUT2D eigenvalue weighted by atomic mass is 9.87. The number of nitrogens with one attached hydrogen (secondary N) is 2. The van der Waals surface area contributed by atoms with E-state index in [4.69, 9.17) is 0 Å². The third-order valence-corrected chi connectivity index (χ3v) is 5.98. The number of amides is 1. The molecule has 0 aromatic heterocycles. The van der Waals surface area contributed by atoms with E-state index in [1.54, 1.807) is 30.3 Å². The maximum absolute atomic E-state index is 12.4. The topological polar surface area (TPSA) is 75.3 Å². The summed E-state index contributed by atoms with van der Waals surface area (Å²) in [5.41, 5.74) is 2.08. The Kier molecular flexibility index (Phi) is 2.99. The van der Waals surface area contributed by atoms with Crippen molar-refractivity contribution in [1.29, 1.82) is 0 Å². The normalized spacial score (nSPS) is 18.2. The minimum atomic E-state index is -3.65. The van der Waals surface area contributed by atoms with Crippen molar-refractivity contribution >= 4 is 21.6 Å². The number of hydrogen-bond donors (Lipinski definition) is 2.